The van der Waals surface area contributed by atoms with Gasteiger partial charge in [-0.2, -0.15) is 4.52 Å². The molecule has 31 heavy (non-hydrogen) atoms. The first-order valence-corrected chi connectivity index (χ1v) is 11.4. The minimum atomic E-state index is -0.0163. The Balaban J connectivity index is 1.45. The topological polar surface area (TPSA) is 84.6 Å². The highest BCUT2D eigenvalue weighted by atomic mass is 16.5. The number of hydrogen-bond donors (Lipinski definition) is 1. The molecule has 3 heterocycles. The summed E-state index contributed by atoms with van der Waals surface area (Å²) in [4.78, 5) is 15.2. The first-order valence-electron chi connectivity index (χ1n) is 11.4. The standard InChI is InChI=1S/C23H30N6O2/c1-16-9-10-21-17(12-16)13-18(22-25-26-27-29(21)22)14-28(15-20-8-5-11-31-20)23(30)24-19-6-3-2-4-7-19/h9-10,12-13,19-20H,2-8,11,14-15H2,1H3,(H,24,30)/t20-/m0/s1. The van der Waals surface area contributed by atoms with Crippen molar-refractivity contribution in [3.8, 4) is 0 Å². The monoisotopic (exact) mass is 422 g/mol. The van der Waals surface area contributed by atoms with Gasteiger partial charge in [0.25, 0.3) is 0 Å². The first-order chi connectivity index (χ1) is 15.2. The second-order valence-corrected chi connectivity index (χ2v) is 8.95. The van der Waals surface area contributed by atoms with Crippen LogP contribution in [0.2, 0.25) is 0 Å². The zero-order chi connectivity index (χ0) is 21.2. The number of pyridine rings is 1. The second kappa shape index (κ2) is 8.78. The molecule has 2 aromatic heterocycles. The Bertz CT molecular complexity index is 1070. The van der Waals surface area contributed by atoms with Gasteiger partial charge in [0, 0.05) is 30.1 Å². The molecule has 1 N–H and O–H groups in total. The number of ether oxygens (including phenoxy) is 1. The van der Waals surface area contributed by atoms with Crippen LogP contribution in [-0.4, -0.2) is 56.3 Å². The minimum Gasteiger partial charge on any atom is -0.376 e. The number of hydrogen-bond acceptors (Lipinski definition) is 5. The van der Waals surface area contributed by atoms with E-state index in [4.69, 9.17) is 4.74 Å². The van der Waals surface area contributed by atoms with Gasteiger partial charge in [-0.1, -0.05) is 30.9 Å². The number of carbonyl (C=O) groups excluding carboxylic acids is 1. The number of carbonyl (C=O) groups is 1. The molecule has 1 saturated heterocycles. The molecule has 8 heteroatoms. The fourth-order valence-corrected chi connectivity index (χ4v) is 4.87. The van der Waals surface area contributed by atoms with Crippen LogP contribution in [0.25, 0.3) is 16.6 Å². The number of fused-ring (bicyclic) bond motifs is 3. The molecule has 164 valence electrons. The zero-order valence-corrected chi connectivity index (χ0v) is 18.1. The lowest BCUT2D eigenvalue weighted by Gasteiger charge is -2.30. The number of nitrogens with one attached hydrogen (secondary N) is 1. The third-order valence-corrected chi connectivity index (χ3v) is 6.53. The van der Waals surface area contributed by atoms with E-state index in [1.54, 1.807) is 4.52 Å². The highest BCUT2D eigenvalue weighted by Gasteiger charge is 2.26. The van der Waals surface area contributed by atoms with Crippen molar-refractivity contribution in [1.29, 1.82) is 0 Å². The van der Waals surface area contributed by atoms with Crippen molar-refractivity contribution in [3.05, 3.63) is 35.4 Å². The maximum atomic E-state index is 13.3. The number of nitrogens with zero attached hydrogens (tertiary/aromatic N) is 5. The molecule has 1 aromatic carbocycles. The minimum absolute atomic E-state index is 0.0163. The lowest BCUT2D eigenvalue weighted by Crippen LogP contribution is -2.47. The molecule has 1 saturated carbocycles. The average molecular weight is 423 g/mol. The summed E-state index contributed by atoms with van der Waals surface area (Å²) in [5.41, 5.74) is 3.78. The highest BCUT2D eigenvalue weighted by Crippen LogP contribution is 2.23. The summed E-state index contributed by atoms with van der Waals surface area (Å²) >= 11 is 0. The largest absolute Gasteiger partial charge is 0.376 e. The summed E-state index contributed by atoms with van der Waals surface area (Å²) in [6.07, 6.45) is 7.90. The normalized spacial score (nSPS) is 19.8. The molecule has 2 aliphatic rings. The number of tetrazole rings is 1. The van der Waals surface area contributed by atoms with Crippen LogP contribution in [0.4, 0.5) is 4.79 Å². The maximum absolute atomic E-state index is 13.3. The molecular formula is C23H30N6O2. The van der Waals surface area contributed by atoms with E-state index in [0.717, 1.165) is 48.8 Å². The molecule has 0 unspecified atom stereocenters. The van der Waals surface area contributed by atoms with Gasteiger partial charge in [-0.05, 0) is 61.2 Å². The lowest BCUT2D eigenvalue weighted by molar-refractivity contribution is 0.0786. The van der Waals surface area contributed by atoms with E-state index in [1.807, 2.05) is 11.0 Å². The van der Waals surface area contributed by atoms with Crippen molar-refractivity contribution in [2.45, 2.75) is 70.6 Å². The van der Waals surface area contributed by atoms with E-state index < -0.39 is 0 Å². The van der Waals surface area contributed by atoms with E-state index in [2.05, 4.69) is 46.0 Å². The molecule has 2 amide bonds. The second-order valence-electron chi connectivity index (χ2n) is 8.95. The SMILES string of the molecule is Cc1ccc2c(c1)cc(CN(C[C@@H]1CCCO1)C(=O)NC1CCCCC1)c1nnnn12. The van der Waals surface area contributed by atoms with Gasteiger partial charge >= 0.3 is 6.03 Å². The first kappa shape index (κ1) is 20.2. The summed E-state index contributed by atoms with van der Waals surface area (Å²) in [7, 11) is 0. The molecule has 0 spiro atoms. The van der Waals surface area contributed by atoms with E-state index in [1.165, 1.54) is 24.8 Å². The fourth-order valence-electron chi connectivity index (χ4n) is 4.87. The van der Waals surface area contributed by atoms with Crippen molar-refractivity contribution in [2.24, 2.45) is 0 Å². The molecule has 3 aromatic rings. The summed E-state index contributed by atoms with van der Waals surface area (Å²) < 4.78 is 7.62. The van der Waals surface area contributed by atoms with E-state index in [0.29, 0.717) is 18.7 Å². The lowest BCUT2D eigenvalue weighted by atomic mass is 9.96. The van der Waals surface area contributed by atoms with Crippen molar-refractivity contribution < 1.29 is 9.53 Å². The van der Waals surface area contributed by atoms with Crippen molar-refractivity contribution in [2.75, 3.05) is 13.2 Å². The van der Waals surface area contributed by atoms with Gasteiger partial charge in [-0.3, -0.25) is 0 Å². The number of amides is 2. The van der Waals surface area contributed by atoms with Crippen LogP contribution in [0, 0.1) is 6.92 Å². The van der Waals surface area contributed by atoms with Gasteiger partial charge in [0.1, 0.15) is 0 Å². The van der Waals surface area contributed by atoms with Crippen LogP contribution >= 0.6 is 0 Å². The molecule has 1 aliphatic carbocycles. The number of benzene rings is 1. The number of aromatic nitrogens is 4. The fraction of sp³-hybridized carbons (Fsp3) is 0.565. The Morgan fingerprint density at radius 3 is 2.87 bits per heavy atom. The van der Waals surface area contributed by atoms with Gasteiger partial charge in [0.05, 0.1) is 18.2 Å². The molecule has 8 nitrogen and oxygen atoms in total. The molecule has 0 radical (unpaired) electrons. The Labute approximate surface area is 181 Å². The van der Waals surface area contributed by atoms with Crippen LogP contribution < -0.4 is 5.32 Å². The Hall–Kier alpha value is -2.74. The zero-order valence-electron chi connectivity index (χ0n) is 18.1. The third-order valence-electron chi connectivity index (χ3n) is 6.53. The Kier molecular flexibility index (Phi) is 5.72. The van der Waals surface area contributed by atoms with E-state index >= 15 is 0 Å². The molecule has 1 atom stereocenters. The number of rotatable bonds is 5. The maximum Gasteiger partial charge on any atom is 0.318 e. The van der Waals surface area contributed by atoms with Crippen LogP contribution in [0.5, 0.6) is 0 Å². The quantitative estimate of drug-likeness (QED) is 0.679. The third kappa shape index (κ3) is 4.35. The summed E-state index contributed by atoms with van der Waals surface area (Å²) in [6, 6.07) is 8.60. The smallest absolute Gasteiger partial charge is 0.318 e. The van der Waals surface area contributed by atoms with Crippen molar-refractivity contribution in [1.82, 2.24) is 30.3 Å². The van der Waals surface area contributed by atoms with Crippen molar-refractivity contribution >= 4 is 22.6 Å². The van der Waals surface area contributed by atoms with Gasteiger partial charge in [0.15, 0.2) is 5.65 Å². The Morgan fingerprint density at radius 1 is 1.19 bits per heavy atom. The van der Waals surface area contributed by atoms with Crippen LogP contribution in [0.1, 0.15) is 56.1 Å². The van der Waals surface area contributed by atoms with Gasteiger partial charge in [0.2, 0.25) is 0 Å². The van der Waals surface area contributed by atoms with Crippen LogP contribution in [-0.2, 0) is 11.3 Å². The summed E-state index contributed by atoms with van der Waals surface area (Å²) in [5, 5.41) is 16.7. The molecule has 2 fully saturated rings. The Morgan fingerprint density at radius 2 is 2.06 bits per heavy atom. The average Bonchev–Trinajstić information content (AvgIpc) is 3.46. The van der Waals surface area contributed by atoms with Gasteiger partial charge in [-0.15, -0.1) is 5.10 Å². The molecule has 5 rings (SSSR count). The van der Waals surface area contributed by atoms with Gasteiger partial charge < -0.3 is 15.0 Å². The van der Waals surface area contributed by atoms with E-state index in [9.17, 15) is 4.79 Å². The van der Waals surface area contributed by atoms with E-state index in [-0.39, 0.29) is 18.2 Å². The predicted molar refractivity (Wildman–Crippen MR) is 118 cm³/mol. The van der Waals surface area contributed by atoms with Crippen LogP contribution in [0.15, 0.2) is 24.3 Å². The molecule has 0 bridgehead atoms. The summed E-state index contributed by atoms with van der Waals surface area (Å²) in [5.74, 6) is 0. The number of aryl methyl sites for hydroxylation is 1. The van der Waals surface area contributed by atoms with Crippen LogP contribution in [0.3, 0.4) is 0 Å². The number of urea groups is 1. The highest BCUT2D eigenvalue weighted by molar-refractivity contribution is 5.84. The molecule has 1 aliphatic heterocycles. The van der Waals surface area contributed by atoms with Gasteiger partial charge in [-0.25, -0.2) is 4.79 Å². The summed E-state index contributed by atoms with van der Waals surface area (Å²) in [6.45, 7) is 3.88. The molecular weight excluding hydrogens is 392 g/mol. The van der Waals surface area contributed by atoms with Crippen molar-refractivity contribution in [3.63, 3.8) is 0 Å². The predicted octanol–water partition coefficient (Wildman–Crippen LogP) is 3.61.